The predicted octanol–water partition coefficient (Wildman–Crippen LogP) is 10.2. The molecule has 6 aromatic carbocycles. The standard InChI is InChI=1S/C36H27N/c1-5-16-28(17-6-1)32-24-13-14-25-34(32)36-33(29-18-7-2-8-19-29)26-15-27-35(36)37(30-20-9-3-10-21-30)31-22-11-4-12-23-31/h1-27H. The number of nitrogens with zero attached hydrogens (tertiary/aromatic N) is 1. The second-order valence-electron chi connectivity index (χ2n) is 8.98. The number of hydrogen-bond acceptors (Lipinski definition) is 1. The van der Waals surface area contributed by atoms with E-state index in [1.807, 2.05) is 0 Å². The summed E-state index contributed by atoms with van der Waals surface area (Å²) in [5.74, 6) is 0. The Morgan fingerprint density at radius 3 is 1.24 bits per heavy atom. The number of benzene rings is 6. The molecule has 0 N–H and O–H groups in total. The molecule has 1 heteroatoms. The van der Waals surface area contributed by atoms with Gasteiger partial charge in [0.25, 0.3) is 0 Å². The second kappa shape index (κ2) is 10.4. The van der Waals surface area contributed by atoms with E-state index < -0.39 is 0 Å². The molecule has 37 heavy (non-hydrogen) atoms. The van der Waals surface area contributed by atoms with E-state index in [1.165, 1.54) is 33.4 Å². The summed E-state index contributed by atoms with van der Waals surface area (Å²) in [6.07, 6.45) is 0. The molecule has 0 spiro atoms. The van der Waals surface area contributed by atoms with Crippen LogP contribution in [0.3, 0.4) is 0 Å². The van der Waals surface area contributed by atoms with Crippen LogP contribution in [0.25, 0.3) is 33.4 Å². The fourth-order valence-corrected chi connectivity index (χ4v) is 5.02. The van der Waals surface area contributed by atoms with Gasteiger partial charge in [-0.1, -0.05) is 133 Å². The molecule has 0 amide bonds. The van der Waals surface area contributed by atoms with Crippen molar-refractivity contribution in [3.63, 3.8) is 0 Å². The first-order valence-corrected chi connectivity index (χ1v) is 12.6. The van der Waals surface area contributed by atoms with Gasteiger partial charge in [0, 0.05) is 16.9 Å². The molecule has 0 atom stereocenters. The van der Waals surface area contributed by atoms with Crippen molar-refractivity contribution in [3.05, 3.63) is 164 Å². The highest BCUT2D eigenvalue weighted by atomic mass is 15.1. The minimum atomic E-state index is 1.12. The lowest BCUT2D eigenvalue weighted by molar-refractivity contribution is 1.28. The molecule has 0 aliphatic heterocycles. The molecule has 0 saturated carbocycles. The van der Waals surface area contributed by atoms with Crippen molar-refractivity contribution in [1.82, 2.24) is 0 Å². The van der Waals surface area contributed by atoms with E-state index in [1.54, 1.807) is 0 Å². The quantitative estimate of drug-likeness (QED) is 0.233. The van der Waals surface area contributed by atoms with Crippen molar-refractivity contribution in [2.24, 2.45) is 0 Å². The first kappa shape index (κ1) is 22.6. The summed E-state index contributed by atoms with van der Waals surface area (Å²) in [5.41, 5.74) is 10.6. The normalized spacial score (nSPS) is 10.7. The first-order chi connectivity index (χ1) is 18.4. The molecular weight excluding hydrogens is 446 g/mol. The maximum atomic E-state index is 2.36. The van der Waals surface area contributed by atoms with Gasteiger partial charge in [-0.25, -0.2) is 0 Å². The van der Waals surface area contributed by atoms with Crippen LogP contribution < -0.4 is 4.90 Å². The Kier molecular flexibility index (Phi) is 6.34. The number of para-hydroxylation sites is 2. The molecule has 176 valence electrons. The van der Waals surface area contributed by atoms with Gasteiger partial charge in [-0.15, -0.1) is 0 Å². The van der Waals surface area contributed by atoms with Crippen LogP contribution in [0.5, 0.6) is 0 Å². The Balaban J connectivity index is 1.69. The minimum absolute atomic E-state index is 1.12. The lowest BCUT2D eigenvalue weighted by atomic mass is 9.87. The highest BCUT2D eigenvalue weighted by molar-refractivity contribution is 6.00. The zero-order valence-electron chi connectivity index (χ0n) is 20.5. The molecule has 0 aromatic heterocycles. The van der Waals surface area contributed by atoms with Crippen molar-refractivity contribution in [3.8, 4) is 33.4 Å². The smallest absolute Gasteiger partial charge is 0.0546 e. The van der Waals surface area contributed by atoms with Gasteiger partial charge in [0.15, 0.2) is 0 Å². The lowest BCUT2D eigenvalue weighted by Gasteiger charge is -2.29. The van der Waals surface area contributed by atoms with Crippen molar-refractivity contribution >= 4 is 17.1 Å². The van der Waals surface area contributed by atoms with E-state index in [0.717, 1.165) is 17.1 Å². The average Bonchev–Trinajstić information content (AvgIpc) is 2.99. The topological polar surface area (TPSA) is 3.24 Å². The van der Waals surface area contributed by atoms with Gasteiger partial charge >= 0.3 is 0 Å². The summed E-state index contributed by atoms with van der Waals surface area (Å²) in [4.78, 5) is 2.36. The van der Waals surface area contributed by atoms with Crippen LogP contribution in [0.2, 0.25) is 0 Å². The van der Waals surface area contributed by atoms with Crippen LogP contribution in [0.15, 0.2) is 164 Å². The molecule has 0 aliphatic rings. The summed E-state index contributed by atoms with van der Waals surface area (Å²) in [6.45, 7) is 0. The SMILES string of the molecule is c1ccc(-c2ccccc2-c2c(-c3ccccc3)cccc2N(c2ccccc2)c2ccccc2)cc1. The Morgan fingerprint density at radius 2 is 0.703 bits per heavy atom. The monoisotopic (exact) mass is 473 g/mol. The Bertz CT molecular complexity index is 1550. The summed E-state index contributed by atoms with van der Waals surface area (Å²) >= 11 is 0. The van der Waals surface area contributed by atoms with Crippen molar-refractivity contribution in [1.29, 1.82) is 0 Å². The molecule has 0 heterocycles. The van der Waals surface area contributed by atoms with Crippen LogP contribution in [0.1, 0.15) is 0 Å². The lowest BCUT2D eigenvalue weighted by Crippen LogP contribution is -2.11. The number of anilines is 3. The van der Waals surface area contributed by atoms with E-state index in [9.17, 15) is 0 Å². The van der Waals surface area contributed by atoms with Gasteiger partial charge in [0.2, 0.25) is 0 Å². The third-order valence-electron chi connectivity index (χ3n) is 6.68. The molecule has 6 aromatic rings. The van der Waals surface area contributed by atoms with E-state index in [0.29, 0.717) is 0 Å². The van der Waals surface area contributed by atoms with E-state index >= 15 is 0 Å². The maximum Gasteiger partial charge on any atom is 0.0546 e. The average molecular weight is 474 g/mol. The molecule has 0 aliphatic carbocycles. The molecule has 0 unspecified atom stereocenters. The van der Waals surface area contributed by atoms with E-state index in [4.69, 9.17) is 0 Å². The second-order valence-corrected chi connectivity index (χ2v) is 8.98. The van der Waals surface area contributed by atoms with Gasteiger partial charge < -0.3 is 4.90 Å². The van der Waals surface area contributed by atoms with Gasteiger partial charge in [-0.05, 0) is 58.1 Å². The highest BCUT2D eigenvalue weighted by Gasteiger charge is 2.22. The zero-order chi connectivity index (χ0) is 24.9. The zero-order valence-corrected chi connectivity index (χ0v) is 20.5. The third kappa shape index (κ3) is 4.55. The van der Waals surface area contributed by atoms with Crippen molar-refractivity contribution in [2.45, 2.75) is 0 Å². The fourth-order valence-electron chi connectivity index (χ4n) is 5.02. The number of rotatable bonds is 6. The van der Waals surface area contributed by atoms with Crippen LogP contribution in [-0.4, -0.2) is 0 Å². The summed E-state index contributed by atoms with van der Waals surface area (Å²) < 4.78 is 0. The van der Waals surface area contributed by atoms with Crippen LogP contribution in [0, 0.1) is 0 Å². The fraction of sp³-hybridized carbons (Fsp3) is 0. The van der Waals surface area contributed by atoms with Crippen LogP contribution >= 0.6 is 0 Å². The molecule has 6 rings (SSSR count). The summed E-state index contributed by atoms with van der Waals surface area (Å²) in [6, 6.07) is 58.0. The summed E-state index contributed by atoms with van der Waals surface area (Å²) in [5, 5.41) is 0. The molecule has 0 fully saturated rings. The Labute approximate surface area is 218 Å². The predicted molar refractivity (Wildman–Crippen MR) is 157 cm³/mol. The molecule has 0 saturated heterocycles. The van der Waals surface area contributed by atoms with Gasteiger partial charge in [-0.2, -0.15) is 0 Å². The van der Waals surface area contributed by atoms with Crippen molar-refractivity contribution < 1.29 is 0 Å². The highest BCUT2D eigenvalue weighted by Crippen LogP contribution is 2.47. The van der Waals surface area contributed by atoms with Gasteiger partial charge in [-0.3, -0.25) is 0 Å². The molecule has 0 bridgehead atoms. The molecule has 0 radical (unpaired) electrons. The summed E-state index contributed by atoms with van der Waals surface area (Å²) in [7, 11) is 0. The van der Waals surface area contributed by atoms with Gasteiger partial charge in [0.1, 0.15) is 0 Å². The first-order valence-electron chi connectivity index (χ1n) is 12.6. The van der Waals surface area contributed by atoms with E-state index in [-0.39, 0.29) is 0 Å². The number of hydrogen-bond donors (Lipinski definition) is 0. The largest absolute Gasteiger partial charge is 0.310 e. The molecule has 1 nitrogen and oxygen atoms in total. The van der Waals surface area contributed by atoms with E-state index in [2.05, 4.69) is 169 Å². The van der Waals surface area contributed by atoms with Crippen LogP contribution in [0.4, 0.5) is 17.1 Å². The van der Waals surface area contributed by atoms with Crippen molar-refractivity contribution in [2.75, 3.05) is 4.90 Å². The third-order valence-corrected chi connectivity index (χ3v) is 6.68. The minimum Gasteiger partial charge on any atom is -0.310 e. The Morgan fingerprint density at radius 1 is 0.297 bits per heavy atom. The van der Waals surface area contributed by atoms with Gasteiger partial charge in [0.05, 0.1) is 5.69 Å². The maximum absolute atomic E-state index is 2.36. The Hall–Kier alpha value is -4.88. The molecular formula is C36H27N. The van der Waals surface area contributed by atoms with Crippen LogP contribution in [-0.2, 0) is 0 Å².